The first-order valence-corrected chi connectivity index (χ1v) is 8.08. The molecule has 0 spiro atoms. The van der Waals surface area contributed by atoms with Crippen LogP contribution in [0.4, 0.5) is 0 Å². The van der Waals surface area contributed by atoms with Gasteiger partial charge in [-0.05, 0) is 37.6 Å². The molecule has 0 aliphatic rings. The third-order valence-electron chi connectivity index (χ3n) is 3.98. The fourth-order valence-electron chi connectivity index (χ4n) is 2.68. The van der Waals surface area contributed by atoms with E-state index in [0.717, 1.165) is 22.4 Å². The molecule has 2 aromatic carbocycles. The lowest BCUT2D eigenvalue weighted by Crippen LogP contribution is -2.25. The van der Waals surface area contributed by atoms with Crippen molar-refractivity contribution in [2.45, 2.75) is 20.4 Å². The maximum Gasteiger partial charge on any atom is 0.244 e. The van der Waals surface area contributed by atoms with E-state index < -0.39 is 0 Å². The number of amides is 1. The van der Waals surface area contributed by atoms with Crippen LogP contribution in [-0.2, 0) is 11.3 Å². The highest BCUT2D eigenvalue weighted by atomic mass is 16.1. The summed E-state index contributed by atoms with van der Waals surface area (Å²) in [5, 5.41) is 2.92. The monoisotopic (exact) mass is 319 g/mol. The van der Waals surface area contributed by atoms with E-state index in [0.29, 0.717) is 13.1 Å². The molecule has 1 N–H and O–H groups in total. The van der Waals surface area contributed by atoms with Crippen LogP contribution in [0.2, 0.25) is 0 Å². The molecular weight excluding hydrogens is 298 g/mol. The fraction of sp³-hybridized carbons (Fsp3) is 0.200. The van der Waals surface area contributed by atoms with Crippen molar-refractivity contribution in [3.63, 3.8) is 0 Å². The molecule has 0 aliphatic carbocycles. The topological polar surface area (TPSA) is 46.9 Å². The zero-order valence-electron chi connectivity index (χ0n) is 14.0. The highest BCUT2D eigenvalue weighted by Crippen LogP contribution is 2.14. The van der Waals surface area contributed by atoms with Crippen molar-refractivity contribution < 1.29 is 4.79 Å². The van der Waals surface area contributed by atoms with Gasteiger partial charge >= 0.3 is 0 Å². The van der Waals surface area contributed by atoms with Crippen molar-refractivity contribution >= 4 is 23.0 Å². The summed E-state index contributed by atoms with van der Waals surface area (Å²) in [5.74, 6) is 0.873. The lowest BCUT2D eigenvalue weighted by Gasteiger charge is -2.07. The Balaban J connectivity index is 1.56. The van der Waals surface area contributed by atoms with Crippen LogP contribution in [0.1, 0.15) is 17.0 Å². The number of fused-ring (bicyclic) bond motifs is 1. The molecule has 0 fully saturated rings. The number of aromatic nitrogens is 2. The number of carbonyl (C=O) groups is 1. The SMILES string of the molecule is Cc1ccc(/C=C/C(=O)NCCn2c(C)nc3ccccc32)cc1. The van der Waals surface area contributed by atoms with E-state index in [1.54, 1.807) is 6.08 Å². The number of hydrogen-bond acceptors (Lipinski definition) is 2. The summed E-state index contributed by atoms with van der Waals surface area (Å²) < 4.78 is 2.12. The summed E-state index contributed by atoms with van der Waals surface area (Å²) >= 11 is 0. The van der Waals surface area contributed by atoms with Crippen molar-refractivity contribution in [1.82, 2.24) is 14.9 Å². The molecule has 0 bridgehead atoms. The molecule has 0 saturated heterocycles. The Hall–Kier alpha value is -2.88. The van der Waals surface area contributed by atoms with Crippen molar-refractivity contribution in [2.24, 2.45) is 0 Å². The minimum absolute atomic E-state index is 0.0855. The number of imidazole rings is 1. The number of carbonyl (C=O) groups excluding carboxylic acids is 1. The summed E-state index contributed by atoms with van der Waals surface area (Å²) in [7, 11) is 0. The van der Waals surface area contributed by atoms with Gasteiger partial charge in [0.15, 0.2) is 0 Å². The maximum atomic E-state index is 11.9. The van der Waals surface area contributed by atoms with Gasteiger partial charge in [-0.3, -0.25) is 4.79 Å². The Bertz CT molecular complexity index is 876. The number of hydrogen-bond donors (Lipinski definition) is 1. The van der Waals surface area contributed by atoms with E-state index in [1.807, 2.05) is 62.4 Å². The Labute approximate surface area is 141 Å². The van der Waals surface area contributed by atoms with E-state index in [2.05, 4.69) is 20.9 Å². The first-order chi connectivity index (χ1) is 11.6. The molecule has 1 amide bonds. The summed E-state index contributed by atoms with van der Waals surface area (Å²) in [6.07, 6.45) is 3.40. The normalized spacial score (nSPS) is 11.2. The predicted molar refractivity (Wildman–Crippen MR) is 97.7 cm³/mol. The van der Waals surface area contributed by atoms with Crippen LogP contribution in [0.15, 0.2) is 54.6 Å². The molecule has 0 radical (unpaired) electrons. The largest absolute Gasteiger partial charge is 0.351 e. The van der Waals surface area contributed by atoms with Crippen molar-refractivity contribution in [3.05, 3.63) is 71.6 Å². The number of aryl methyl sites for hydroxylation is 2. The minimum Gasteiger partial charge on any atom is -0.351 e. The third-order valence-corrected chi connectivity index (χ3v) is 3.98. The molecule has 4 heteroatoms. The van der Waals surface area contributed by atoms with Gasteiger partial charge < -0.3 is 9.88 Å². The number of benzene rings is 2. The lowest BCUT2D eigenvalue weighted by atomic mass is 10.1. The zero-order chi connectivity index (χ0) is 16.9. The summed E-state index contributed by atoms with van der Waals surface area (Å²) in [6.45, 7) is 5.30. The van der Waals surface area contributed by atoms with Gasteiger partial charge in [0.2, 0.25) is 5.91 Å². The predicted octanol–water partition coefficient (Wildman–Crippen LogP) is 3.48. The highest BCUT2D eigenvalue weighted by Gasteiger charge is 2.06. The van der Waals surface area contributed by atoms with E-state index in [-0.39, 0.29) is 5.91 Å². The lowest BCUT2D eigenvalue weighted by molar-refractivity contribution is -0.116. The van der Waals surface area contributed by atoms with Crippen LogP contribution < -0.4 is 5.32 Å². The summed E-state index contributed by atoms with van der Waals surface area (Å²) in [4.78, 5) is 16.5. The number of para-hydroxylation sites is 2. The molecule has 1 aromatic heterocycles. The van der Waals surface area contributed by atoms with Gasteiger partial charge in [0, 0.05) is 19.2 Å². The highest BCUT2D eigenvalue weighted by molar-refractivity contribution is 5.91. The molecule has 0 saturated carbocycles. The van der Waals surface area contributed by atoms with Crippen LogP contribution >= 0.6 is 0 Å². The Morgan fingerprint density at radius 3 is 2.67 bits per heavy atom. The second-order valence-electron chi connectivity index (χ2n) is 5.83. The van der Waals surface area contributed by atoms with E-state index in [1.165, 1.54) is 5.56 Å². The number of nitrogens with zero attached hydrogens (tertiary/aromatic N) is 2. The molecule has 0 atom stereocenters. The molecule has 3 rings (SSSR count). The molecule has 0 aliphatic heterocycles. The molecule has 4 nitrogen and oxygen atoms in total. The van der Waals surface area contributed by atoms with Gasteiger partial charge in [0.05, 0.1) is 11.0 Å². The molecule has 1 heterocycles. The second kappa shape index (κ2) is 7.13. The molecule has 122 valence electrons. The summed E-state index contributed by atoms with van der Waals surface area (Å²) in [5.41, 5.74) is 4.31. The smallest absolute Gasteiger partial charge is 0.244 e. The van der Waals surface area contributed by atoms with Gasteiger partial charge in [-0.2, -0.15) is 0 Å². The van der Waals surface area contributed by atoms with Crippen LogP contribution in [0.3, 0.4) is 0 Å². The Kier molecular flexibility index (Phi) is 4.75. The van der Waals surface area contributed by atoms with Crippen molar-refractivity contribution in [2.75, 3.05) is 6.54 Å². The Morgan fingerprint density at radius 2 is 1.88 bits per heavy atom. The van der Waals surface area contributed by atoms with Crippen LogP contribution in [0.5, 0.6) is 0 Å². The van der Waals surface area contributed by atoms with Gasteiger partial charge in [-0.15, -0.1) is 0 Å². The average molecular weight is 319 g/mol. The standard InChI is InChI=1S/C20H21N3O/c1-15-7-9-17(10-8-15)11-12-20(24)21-13-14-23-16(2)22-18-5-3-4-6-19(18)23/h3-12H,13-14H2,1-2H3,(H,21,24)/b12-11+. The van der Waals surface area contributed by atoms with Crippen molar-refractivity contribution in [1.29, 1.82) is 0 Å². The zero-order valence-corrected chi connectivity index (χ0v) is 14.0. The van der Waals surface area contributed by atoms with Gasteiger partial charge in [0.1, 0.15) is 5.82 Å². The van der Waals surface area contributed by atoms with Crippen LogP contribution in [-0.4, -0.2) is 22.0 Å². The molecule has 24 heavy (non-hydrogen) atoms. The quantitative estimate of drug-likeness (QED) is 0.732. The summed E-state index contributed by atoms with van der Waals surface area (Å²) in [6, 6.07) is 16.1. The van der Waals surface area contributed by atoms with Gasteiger partial charge in [-0.25, -0.2) is 4.98 Å². The number of nitrogens with one attached hydrogen (secondary N) is 1. The van der Waals surface area contributed by atoms with Crippen molar-refractivity contribution in [3.8, 4) is 0 Å². The molecule has 0 unspecified atom stereocenters. The van der Waals surface area contributed by atoms with E-state index in [9.17, 15) is 4.79 Å². The fourth-order valence-corrected chi connectivity index (χ4v) is 2.68. The second-order valence-corrected chi connectivity index (χ2v) is 5.83. The molecular formula is C20H21N3O. The van der Waals surface area contributed by atoms with E-state index in [4.69, 9.17) is 0 Å². The maximum absolute atomic E-state index is 11.9. The van der Waals surface area contributed by atoms with Gasteiger partial charge in [-0.1, -0.05) is 42.0 Å². The van der Waals surface area contributed by atoms with Crippen LogP contribution in [0.25, 0.3) is 17.1 Å². The first-order valence-electron chi connectivity index (χ1n) is 8.08. The van der Waals surface area contributed by atoms with Crippen LogP contribution in [0, 0.1) is 13.8 Å². The van der Waals surface area contributed by atoms with Gasteiger partial charge in [0.25, 0.3) is 0 Å². The first kappa shape index (κ1) is 16.0. The minimum atomic E-state index is -0.0855. The Morgan fingerprint density at radius 1 is 1.12 bits per heavy atom. The average Bonchev–Trinajstić information content (AvgIpc) is 2.90. The molecule has 3 aromatic rings. The number of rotatable bonds is 5. The third kappa shape index (κ3) is 3.71. The van der Waals surface area contributed by atoms with E-state index >= 15 is 0 Å².